The summed E-state index contributed by atoms with van der Waals surface area (Å²) >= 11 is 0. The minimum Gasteiger partial charge on any atom is -0.480 e. The number of nitrogens with zero attached hydrogens (tertiary/aromatic N) is 1. The minimum atomic E-state index is -1.12. The van der Waals surface area contributed by atoms with E-state index in [1.54, 1.807) is 0 Å². The lowest BCUT2D eigenvalue weighted by atomic mass is 10.2. The number of carbonyl (C=O) groups is 2. The van der Waals surface area contributed by atoms with Crippen LogP contribution in [0.25, 0.3) is 0 Å². The van der Waals surface area contributed by atoms with Crippen molar-refractivity contribution in [3.8, 4) is 0 Å². The van der Waals surface area contributed by atoms with Gasteiger partial charge in [-0.15, -0.1) is 0 Å². The third-order valence-corrected chi connectivity index (χ3v) is 2.90. The summed E-state index contributed by atoms with van der Waals surface area (Å²) in [5.74, 6) is -1.12. The zero-order valence-electron chi connectivity index (χ0n) is 13.4. The third-order valence-electron chi connectivity index (χ3n) is 2.90. The zero-order chi connectivity index (χ0) is 16.8. The first kappa shape index (κ1) is 18.0. The number of carboxylic acids is 1. The molecule has 122 valence electrons. The standard InChI is InChI=1S/C16H23NO5/c1-12(14(18)19)17(11-22-16(2,3)4)15(20)21-10-13-8-6-5-7-9-13/h5-9,12H,10-11H2,1-4H3,(H,18,19)/t12-/m0/s1. The smallest absolute Gasteiger partial charge is 0.412 e. The first-order valence-corrected chi connectivity index (χ1v) is 7.05. The van der Waals surface area contributed by atoms with Crippen molar-refractivity contribution in [1.29, 1.82) is 0 Å². The Kier molecular flexibility index (Phi) is 6.37. The normalized spacial score (nSPS) is 12.5. The lowest BCUT2D eigenvalue weighted by Gasteiger charge is -2.29. The van der Waals surface area contributed by atoms with Crippen molar-refractivity contribution in [2.45, 2.75) is 45.9 Å². The average Bonchev–Trinajstić information content (AvgIpc) is 2.44. The van der Waals surface area contributed by atoms with Gasteiger partial charge in [0.25, 0.3) is 0 Å². The van der Waals surface area contributed by atoms with E-state index in [1.165, 1.54) is 6.92 Å². The molecule has 0 aliphatic carbocycles. The summed E-state index contributed by atoms with van der Waals surface area (Å²) in [6, 6.07) is 8.15. The highest BCUT2D eigenvalue weighted by Gasteiger charge is 2.28. The topological polar surface area (TPSA) is 76.1 Å². The Bertz CT molecular complexity index is 495. The molecule has 0 unspecified atom stereocenters. The number of aliphatic carboxylic acids is 1. The van der Waals surface area contributed by atoms with Gasteiger partial charge in [0.2, 0.25) is 0 Å². The van der Waals surface area contributed by atoms with Crippen molar-refractivity contribution < 1.29 is 24.2 Å². The van der Waals surface area contributed by atoms with E-state index in [1.807, 2.05) is 51.1 Å². The van der Waals surface area contributed by atoms with E-state index >= 15 is 0 Å². The molecule has 0 bridgehead atoms. The van der Waals surface area contributed by atoms with E-state index in [9.17, 15) is 9.59 Å². The molecular formula is C16H23NO5. The molecular weight excluding hydrogens is 286 g/mol. The van der Waals surface area contributed by atoms with Crippen molar-refractivity contribution in [3.63, 3.8) is 0 Å². The predicted molar refractivity (Wildman–Crippen MR) is 81.3 cm³/mol. The van der Waals surface area contributed by atoms with E-state index in [0.29, 0.717) is 0 Å². The van der Waals surface area contributed by atoms with E-state index < -0.39 is 23.7 Å². The summed E-state index contributed by atoms with van der Waals surface area (Å²) in [6.45, 7) is 6.82. The van der Waals surface area contributed by atoms with Gasteiger partial charge in [-0.25, -0.2) is 9.59 Å². The van der Waals surface area contributed by atoms with Crippen LogP contribution in [0.3, 0.4) is 0 Å². The molecule has 1 N–H and O–H groups in total. The molecule has 0 spiro atoms. The van der Waals surface area contributed by atoms with Crippen LogP contribution in [0.4, 0.5) is 4.79 Å². The van der Waals surface area contributed by atoms with E-state index in [-0.39, 0.29) is 13.3 Å². The van der Waals surface area contributed by atoms with Crippen LogP contribution in [0.1, 0.15) is 33.3 Å². The SMILES string of the molecule is C[C@@H](C(=O)O)N(COC(C)(C)C)C(=O)OCc1ccccc1. The minimum absolute atomic E-state index is 0.0814. The van der Waals surface area contributed by atoms with E-state index in [4.69, 9.17) is 14.6 Å². The number of benzene rings is 1. The number of hydrogen-bond acceptors (Lipinski definition) is 4. The number of carbonyl (C=O) groups excluding carboxylic acids is 1. The van der Waals surface area contributed by atoms with Crippen LogP contribution >= 0.6 is 0 Å². The molecule has 22 heavy (non-hydrogen) atoms. The Morgan fingerprint density at radius 3 is 2.32 bits per heavy atom. The molecule has 0 heterocycles. The summed E-state index contributed by atoms with van der Waals surface area (Å²) < 4.78 is 10.7. The Labute approximate surface area is 130 Å². The van der Waals surface area contributed by atoms with Crippen molar-refractivity contribution in [2.75, 3.05) is 6.73 Å². The predicted octanol–water partition coefficient (Wildman–Crippen LogP) is 2.87. The quantitative estimate of drug-likeness (QED) is 0.818. The Morgan fingerprint density at radius 2 is 1.82 bits per heavy atom. The molecule has 0 aliphatic rings. The second-order valence-corrected chi connectivity index (χ2v) is 5.91. The van der Waals surface area contributed by atoms with Crippen LogP contribution in [0.2, 0.25) is 0 Å². The van der Waals surface area contributed by atoms with Crippen LogP contribution in [-0.4, -0.2) is 40.4 Å². The molecule has 0 fully saturated rings. The van der Waals surface area contributed by atoms with Gasteiger partial charge in [0.1, 0.15) is 19.4 Å². The van der Waals surface area contributed by atoms with Gasteiger partial charge in [0, 0.05) is 0 Å². The van der Waals surface area contributed by atoms with Crippen molar-refractivity contribution in [1.82, 2.24) is 4.90 Å². The molecule has 1 atom stereocenters. The maximum atomic E-state index is 12.1. The second kappa shape index (κ2) is 7.79. The largest absolute Gasteiger partial charge is 0.480 e. The molecule has 0 aliphatic heterocycles. The van der Waals surface area contributed by atoms with Crippen LogP contribution in [-0.2, 0) is 20.9 Å². The van der Waals surface area contributed by atoms with Gasteiger partial charge in [-0.05, 0) is 33.3 Å². The fraction of sp³-hybridized carbons (Fsp3) is 0.500. The average molecular weight is 309 g/mol. The van der Waals surface area contributed by atoms with Gasteiger partial charge in [-0.3, -0.25) is 4.90 Å². The number of carboxylic acid groups (broad SMARTS) is 1. The lowest BCUT2D eigenvalue weighted by molar-refractivity contribution is -0.146. The summed E-state index contributed by atoms with van der Waals surface area (Å²) in [6.07, 6.45) is -0.719. The van der Waals surface area contributed by atoms with Gasteiger partial charge in [0.05, 0.1) is 5.60 Å². The summed E-state index contributed by atoms with van der Waals surface area (Å²) in [5.41, 5.74) is 0.339. The van der Waals surface area contributed by atoms with E-state index in [0.717, 1.165) is 10.5 Å². The fourth-order valence-corrected chi connectivity index (χ4v) is 1.52. The second-order valence-electron chi connectivity index (χ2n) is 5.91. The number of rotatable bonds is 6. The summed E-state index contributed by atoms with van der Waals surface area (Å²) in [4.78, 5) is 24.3. The summed E-state index contributed by atoms with van der Waals surface area (Å²) in [7, 11) is 0. The molecule has 6 heteroatoms. The molecule has 1 aromatic carbocycles. The highest BCUT2D eigenvalue weighted by molar-refractivity contribution is 5.79. The third kappa shape index (κ3) is 6.13. The number of ether oxygens (including phenoxy) is 2. The van der Waals surface area contributed by atoms with E-state index in [2.05, 4.69) is 0 Å². The lowest BCUT2D eigenvalue weighted by Crippen LogP contribution is -2.46. The number of amides is 1. The molecule has 1 aromatic rings. The van der Waals surface area contributed by atoms with Crippen molar-refractivity contribution in [3.05, 3.63) is 35.9 Å². The van der Waals surface area contributed by atoms with Crippen LogP contribution < -0.4 is 0 Å². The van der Waals surface area contributed by atoms with Gasteiger partial charge >= 0.3 is 12.1 Å². The first-order chi connectivity index (χ1) is 10.2. The fourth-order valence-electron chi connectivity index (χ4n) is 1.52. The van der Waals surface area contributed by atoms with Gasteiger partial charge in [-0.1, -0.05) is 30.3 Å². The molecule has 1 amide bonds. The van der Waals surface area contributed by atoms with Crippen LogP contribution in [0.15, 0.2) is 30.3 Å². The molecule has 0 saturated heterocycles. The monoisotopic (exact) mass is 309 g/mol. The summed E-state index contributed by atoms with van der Waals surface area (Å²) in [5, 5.41) is 9.11. The van der Waals surface area contributed by atoms with Crippen LogP contribution in [0.5, 0.6) is 0 Å². The Hall–Kier alpha value is -2.08. The first-order valence-electron chi connectivity index (χ1n) is 7.05. The molecule has 6 nitrogen and oxygen atoms in total. The molecule has 1 rings (SSSR count). The number of hydrogen-bond donors (Lipinski definition) is 1. The zero-order valence-corrected chi connectivity index (χ0v) is 13.4. The highest BCUT2D eigenvalue weighted by Crippen LogP contribution is 2.12. The maximum absolute atomic E-state index is 12.1. The van der Waals surface area contributed by atoms with Crippen LogP contribution in [0, 0.1) is 0 Å². The maximum Gasteiger partial charge on any atom is 0.412 e. The van der Waals surface area contributed by atoms with Gasteiger partial charge < -0.3 is 14.6 Å². The molecule has 0 saturated carbocycles. The molecule has 0 aromatic heterocycles. The molecule has 0 radical (unpaired) electrons. The highest BCUT2D eigenvalue weighted by atomic mass is 16.6. The van der Waals surface area contributed by atoms with Gasteiger partial charge in [-0.2, -0.15) is 0 Å². The van der Waals surface area contributed by atoms with Gasteiger partial charge in [0.15, 0.2) is 0 Å². The Balaban J connectivity index is 2.68. The Morgan fingerprint density at radius 1 is 1.23 bits per heavy atom. The van der Waals surface area contributed by atoms with Crippen molar-refractivity contribution >= 4 is 12.1 Å². The van der Waals surface area contributed by atoms with Crippen molar-refractivity contribution in [2.24, 2.45) is 0 Å².